The molecule has 1 aliphatic rings. The van der Waals surface area contributed by atoms with Crippen molar-refractivity contribution in [2.45, 2.75) is 29.7 Å². The van der Waals surface area contributed by atoms with Crippen molar-refractivity contribution in [3.63, 3.8) is 0 Å². The van der Waals surface area contributed by atoms with Gasteiger partial charge < -0.3 is 9.64 Å². The number of amides is 1. The molecule has 3 rings (SSSR count). The Balaban J connectivity index is 1.87. The Labute approximate surface area is 170 Å². The summed E-state index contributed by atoms with van der Waals surface area (Å²) in [5.74, 6) is -0.750. The van der Waals surface area contributed by atoms with Gasteiger partial charge in [0.25, 0.3) is 0 Å². The number of methoxy groups -OCH3 is 1. The van der Waals surface area contributed by atoms with E-state index in [-0.39, 0.29) is 34.2 Å². The molecule has 1 fully saturated rings. The smallest absolute Gasteiger partial charge is 0.244 e. The summed E-state index contributed by atoms with van der Waals surface area (Å²) in [5.41, 5.74) is 0.825. The molecule has 0 bridgehead atoms. The monoisotopic (exact) mass is 420 g/mol. The molecular formula is C21H25FN2O4S. The lowest BCUT2D eigenvalue weighted by Crippen LogP contribution is -2.35. The zero-order valence-corrected chi connectivity index (χ0v) is 17.4. The fraction of sp³-hybridized carbons (Fsp3) is 0.381. The van der Waals surface area contributed by atoms with Crippen molar-refractivity contribution in [1.82, 2.24) is 9.62 Å². The van der Waals surface area contributed by atoms with Gasteiger partial charge in [0.05, 0.1) is 7.11 Å². The fourth-order valence-corrected chi connectivity index (χ4v) is 5.37. The number of carbonyl (C=O) groups is 1. The Kier molecular flexibility index (Phi) is 6.24. The first-order valence-electron chi connectivity index (χ1n) is 9.35. The van der Waals surface area contributed by atoms with Crippen LogP contribution in [0.2, 0.25) is 0 Å². The highest BCUT2D eigenvalue weighted by Gasteiger charge is 2.41. The van der Waals surface area contributed by atoms with Crippen LogP contribution in [0, 0.1) is 11.7 Å². The Hall–Kier alpha value is -2.45. The fourth-order valence-electron chi connectivity index (χ4n) is 3.94. The molecule has 0 radical (unpaired) electrons. The van der Waals surface area contributed by atoms with E-state index >= 15 is 0 Å². The summed E-state index contributed by atoms with van der Waals surface area (Å²) in [7, 11) is 0.943. The highest BCUT2D eigenvalue weighted by Crippen LogP contribution is 2.41. The maximum Gasteiger partial charge on any atom is 0.244 e. The van der Waals surface area contributed by atoms with Crippen LogP contribution in [0.1, 0.15) is 24.3 Å². The second-order valence-corrected chi connectivity index (χ2v) is 9.12. The zero-order valence-electron chi connectivity index (χ0n) is 16.6. The molecule has 1 amide bonds. The van der Waals surface area contributed by atoms with E-state index in [9.17, 15) is 17.6 Å². The van der Waals surface area contributed by atoms with E-state index in [1.165, 1.54) is 30.2 Å². The highest BCUT2D eigenvalue weighted by atomic mass is 32.2. The number of ether oxygens (including phenoxy) is 1. The van der Waals surface area contributed by atoms with Gasteiger partial charge in [-0.05, 0) is 48.6 Å². The van der Waals surface area contributed by atoms with Crippen LogP contribution in [-0.4, -0.2) is 46.5 Å². The van der Waals surface area contributed by atoms with Gasteiger partial charge in [-0.3, -0.25) is 4.79 Å². The second kappa shape index (κ2) is 8.51. The average Bonchev–Trinajstić information content (AvgIpc) is 3.10. The maximum atomic E-state index is 13.3. The quantitative estimate of drug-likeness (QED) is 0.780. The molecule has 1 N–H and O–H groups in total. The zero-order chi connectivity index (χ0) is 21.2. The van der Waals surface area contributed by atoms with Crippen LogP contribution in [-0.2, 0) is 14.8 Å². The number of hydrogen-bond acceptors (Lipinski definition) is 4. The largest absolute Gasteiger partial charge is 0.495 e. The Bertz CT molecular complexity index is 976. The number of nitrogens with zero attached hydrogens (tertiary/aromatic N) is 1. The average molecular weight is 421 g/mol. The lowest BCUT2D eigenvalue weighted by atomic mass is 9.88. The maximum absolute atomic E-state index is 13.3. The summed E-state index contributed by atoms with van der Waals surface area (Å²) in [5, 5.41) is 0. The van der Waals surface area contributed by atoms with Crippen LogP contribution in [0.3, 0.4) is 0 Å². The topological polar surface area (TPSA) is 75.7 Å². The van der Waals surface area contributed by atoms with Crippen molar-refractivity contribution in [2.24, 2.45) is 5.92 Å². The molecule has 0 spiro atoms. The molecule has 6 nitrogen and oxygen atoms in total. The van der Waals surface area contributed by atoms with Crippen LogP contribution in [0.25, 0.3) is 0 Å². The molecule has 0 unspecified atom stereocenters. The predicted octanol–water partition coefficient (Wildman–Crippen LogP) is 2.76. The SMILES string of the molecule is COc1ccccc1S(=O)(=O)N[C@@H]1C[C@H](C(=O)N(C)C)[C@@H](c2ccc(F)cc2)C1. The normalized spacial score (nSPS) is 21.7. The third kappa shape index (κ3) is 4.59. The summed E-state index contributed by atoms with van der Waals surface area (Å²) in [4.78, 5) is 14.3. The van der Waals surface area contributed by atoms with E-state index in [0.717, 1.165) is 5.56 Å². The summed E-state index contributed by atoms with van der Waals surface area (Å²) < 4.78 is 47.1. The lowest BCUT2D eigenvalue weighted by molar-refractivity contribution is -0.133. The van der Waals surface area contributed by atoms with E-state index in [4.69, 9.17) is 4.74 Å². The molecule has 0 aliphatic heterocycles. The highest BCUT2D eigenvalue weighted by molar-refractivity contribution is 7.89. The van der Waals surface area contributed by atoms with Crippen LogP contribution in [0.15, 0.2) is 53.4 Å². The van der Waals surface area contributed by atoms with Crippen LogP contribution in [0.5, 0.6) is 5.75 Å². The van der Waals surface area contributed by atoms with Crippen molar-refractivity contribution in [3.05, 3.63) is 59.9 Å². The minimum atomic E-state index is -3.83. The minimum absolute atomic E-state index is 0.0585. The molecule has 2 aromatic rings. The number of halogens is 1. The molecule has 3 atom stereocenters. The molecule has 29 heavy (non-hydrogen) atoms. The number of sulfonamides is 1. The van der Waals surface area contributed by atoms with Gasteiger partial charge in [-0.15, -0.1) is 0 Å². The third-order valence-electron chi connectivity index (χ3n) is 5.30. The van der Waals surface area contributed by atoms with Crippen molar-refractivity contribution in [2.75, 3.05) is 21.2 Å². The number of benzene rings is 2. The van der Waals surface area contributed by atoms with E-state index in [1.807, 2.05) is 0 Å². The summed E-state index contributed by atoms with van der Waals surface area (Å²) in [6, 6.07) is 12.0. The molecule has 0 saturated heterocycles. The van der Waals surface area contributed by atoms with Crippen LogP contribution < -0.4 is 9.46 Å². The number of carbonyl (C=O) groups excluding carboxylic acids is 1. The predicted molar refractivity (Wildman–Crippen MR) is 108 cm³/mol. The van der Waals surface area contributed by atoms with Crippen molar-refractivity contribution in [3.8, 4) is 5.75 Å². The standard InChI is InChI=1S/C21H25FN2O4S/c1-24(2)21(25)18-13-16(12-17(18)14-8-10-15(22)11-9-14)23-29(26,27)20-7-5-4-6-19(20)28-3/h4-11,16-18,23H,12-13H2,1-3H3/t16-,17+,18-/m0/s1. The number of para-hydroxylation sites is 1. The number of nitrogens with one attached hydrogen (secondary N) is 1. The second-order valence-electron chi connectivity index (χ2n) is 7.44. The molecule has 1 saturated carbocycles. The lowest BCUT2D eigenvalue weighted by Gasteiger charge is -2.22. The molecule has 2 aromatic carbocycles. The first-order valence-corrected chi connectivity index (χ1v) is 10.8. The summed E-state index contributed by atoms with van der Waals surface area (Å²) >= 11 is 0. The first kappa shape index (κ1) is 21.3. The van der Waals surface area contributed by atoms with Gasteiger partial charge >= 0.3 is 0 Å². The van der Waals surface area contributed by atoms with Gasteiger partial charge in [-0.2, -0.15) is 0 Å². The van der Waals surface area contributed by atoms with Gasteiger partial charge in [0, 0.05) is 26.1 Å². The molecule has 1 aliphatic carbocycles. The minimum Gasteiger partial charge on any atom is -0.495 e. The van der Waals surface area contributed by atoms with Crippen molar-refractivity contribution < 1.29 is 22.3 Å². The molecule has 0 aromatic heterocycles. The molecule has 8 heteroatoms. The van der Waals surface area contributed by atoms with Gasteiger partial charge in [-0.1, -0.05) is 24.3 Å². The molecule has 0 heterocycles. The Morgan fingerprint density at radius 2 is 1.76 bits per heavy atom. The van der Waals surface area contributed by atoms with Crippen LogP contribution in [0.4, 0.5) is 4.39 Å². The Morgan fingerprint density at radius 3 is 2.38 bits per heavy atom. The van der Waals surface area contributed by atoms with E-state index in [1.54, 1.807) is 44.4 Å². The molecular weight excluding hydrogens is 395 g/mol. The van der Waals surface area contributed by atoms with E-state index in [2.05, 4.69) is 4.72 Å². The summed E-state index contributed by atoms with van der Waals surface area (Å²) in [6.07, 6.45) is 0.817. The van der Waals surface area contributed by atoms with Crippen molar-refractivity contribution in [1.29, 1.82) is 0 Å². The van der Waals surface area contributed by atoms with E-state index < -0.39 is 16.1 Å². The van der Waals surface area contributed by atoms with Crippen molar-refractivity contribution >= 4 is 15.9 Å². The molecule has 156 valence electrons. The van der Waals surface area contributed by atoms with Crippen LogP contribution >= 0.6 is 0 Å². The third-order valence-corrected chi connectivity index (χ3v) is 6.86. The van der Waals surface area contributed by atoms with E-state index in [0.29, 0.717) is 12.8 Å². The van der Waals surface area contributed by atoms with Gasteiger partial charge in [0.2, 0.25) is 15.9 Å². The van der Waals surface area contributed by atoms with Gasteiger partial charge in [-0.25, -0.2) is 17.5 Å². The van der Waals surface area contributed by atoms with Gasteiger partial charge in [0.1, 0.15) is 16.5 Å². The number of rotatable bonds is 6. The van der Waals surface area contributed by atoms with Gasteiger partial charge in [0.15, 0.2) is 0 Å². The summed E-state index contributed by atoms with van der Waals surface area (Å²) in [6.45, 7) is 0. The Morgan fingerprint density at radius 1 is 1.10 bits per heavy atom. The number of hydrogen-bond donors (Lipinski definition) is 1. The first-order chi connectivity index (χ1) is 13.7.